The smallest absolute Gasteiger partial charge is 0.366 e. The maximum atomic E-state index is 13.0. The molecule has 0 fully saturated rings. The highest BCUT2D eigenvalue weighted by Gasteiger charge is 2.39. The summed E-state index contributed by atoms with van der Waals surface area (Å²) in [6.07, 6.45) is -5.30. The molecule has 3 aromatic heterocycles. The second-order valence-corrected chi connectivity index (χ2v) is 5.81. The molecule has 3 rings (SSSR count). The van der Waals surface area contributed by atoms with E-state index in [9.17, 15) is 31.1 Å². The number of hydrogen-bond acceptors (Lipinski definition) is 5. The van der Waals surface area contributed by atoms with E-state index in [1.807, 2.05) is 0 Å². The summed E-state index contributed by atoms with van der Waals surface area (Å²) < 4.78 is 78.7. The van der Waals surface area contributed by atoms with Crippen LogP contribution in [0.3, 0.4) is 0 Å². The first-order valence-corrected chi connectivity index (χ1v) is 7.95. The molecule has 3 heterocycles. The quantitative estimate of drug-likeness (QED) is 0.508. The van der Waals surface area contributed by atoms with Gasteiger partial charge in [0.15, 0.2) is 5.82 Å². The normalized spacial score (nSPS) is 12.8. The van der Waals surface area contributed by atoms with E-state index in [1.54, 1.807) is 0 Å². The van der Waals surface area contributed by atoms with Crippen LogP contribution in [-0.2, 0) is 17.1 Å². The minimum Gasteiger partial charge on any atom is -0.366 e. The maximum absolute atomic E-state index is 13.0. The third-order valence-electron chi connectivity index (χ3n) is 3.69. The number of rotatable bonds is 4. The molecule has 0 unspecified atom stereocenters. The molecule has 0 aliphatic heterocycles. The number of alkyl halides is 6. The highest BCUT2D eigenvalue weighted by atomic mass is 19.4. The maximum Gasteiger partial charge on any atom is 0.433 e. The van der Waals surface area contributed by atoms with Crippen LogP contribution in [0.2, 0.25) is 0 Å². The average molecular weight is 428 g/mol. The molecule has 3 aromatic rings. The van der Waals surface area contributed by atoms with Crippen molar-refractivity contribution in [3.63, 3.8) is 0 Å². The van der Waals surface area contributed by atoms with Gasteiger partial charge in [0.05, 0.1) is 5.57 Å². The monoisotopic (exact) mass is 428 g/mol. The third kappa shape index (κ3) is 4.61. The van der Waals surface area contributed by atoms with Gasteiger partial charge < -0.3 is 5.73 Å². The summed E-state index contributed by atoms with van der Waals surface area (Å²) in [5.41, 5.74) is 1.63. The van der Waals surface area contributed by atoms with Gasteiger partial charge in [-0.15, -0.1) is 5.10 Å². The largest absolute Gasteiger partial charge is 0.433 e. The van der Waals surface area contributed by atoms with Crippen molar-refractivity contribution in [1.82, 2.24) is 24.7 Å². The molecule has 30 heavy (non-hydrogen) atoms. The summed E-state index contributed by atoms with van der Waals surface area (Å²) >= 11 is 0. The fourth-order valence-corrected chi connectivity index (χ4v) is 2.36. The van der Waals surface area contributed by atoms with Crippen molar-refractivity contribution >= 4 is 17.7 Å². The van der Waals surface area contributed by atoms with Gasteiger partial charge in [-0.1, -0.05) is 0 Å². The van der Waals surface area contributed by atoms with Crippen molar-refractivity contribution in [2.24, 2.45) is 5.73 Å². The predicted molar refractivity (Wildman–Crippen MR) is 90.9 cm³/mol. The van der Waals surface area contributed by atoms with Crippen molar-refractivity contribution < 1.29 is 31.1 Å². The van der Waals surface area contributed by atoms with E-state index in [1.165, 1.54) is 24.5 Å². The molecule has 0 aliphatic carbocycles. The molecular weight excluding hydrogens is 418 g/mol. The van der Waals surface area contributed by atoms with Gasteiger partial charge in [0.1, 0.15) is 17.7 Å². The zero-order valence-corrected chi connectivity index (χ0v) is 14.6. The molecule has 156 valence electrons. The van der Waals surface area contributed by atoms with E-state index in [2.05, 4.69) is 20.1 Å². The topological polar surface area (TPSA) is 99.6 Å². The minimum atomic E-state index is -5.11. The summed E-state index contributed by atoms with van der Waals surface area (Å²) in [7, 11) is 0. The van der Waals surface area contributed by atoms with Crippen LogP contribution in [0.4, 0.5) is 26.3 Å². The summed E-state index contributed by atoms with van der Waals surface area (Å²) in [6, 6.07) is 3.75. The molecule has 0 saturated carbocycles. The summed E-state index contributed by atoms with van der Waals surface area (Å²) in [4.78, 5) is 21.8. The molecule has 0 spiro atoms. The molecular formula is C17H10F6N6O. The highest BCUT2D eigenvalue weighted by molar-refractivity contribution is 6.22. The van der Waals surface area contributed by atoms with Crippen LogP contribution >= 0.6 is 0 Å². The Labute approximate surface area is 163 Å². The number of carbonyl (C=O) groups is 1. The molecule has 0 atom stereocenters. The van der Waals surface area contributed by atoms with Gasteiger partial charge in [0, 0.05) is 24.2 Å². The number of carbonyl (C=O) groups excluding carboxylic acids is 1. The Morgan fingerprint density at radius 3 is 2.07 bits per heavy atom. The lowest BCUT2D eigenvalue weighted by atomic mass is 10.1. The molecule has 0 aliphatic rings. The Hall–Kier alpha value is -3.77. The van der Waals surface area contributed by atoms with E-state index in [0.29, 0.717) is 17.7 Å². The Kier molecular flexibility index (Phi) is 5.29. The number of primary amides is 1. The van der Waals surface area contributed by atoms with E-state index >= 15 is 0 Å². The third-order valence-corrected chi connectivity index (χ3v) is 3.69. The second-order valence-electron chi connectivity index (χ2n) is 5.81. The van der Waals surface area contributed by atoms with Crippen molar-refractivity contribution in [3.05, 3.63) is 59.9 Å². The van der Waals surface area contributed by atoms with Crippen molar-refractivity contribution in [2.75, 3.05) is 0 Å². The molecule has 0 saturated heterocycles. The van der Waals surface area contributed by atoms with Crippen molar-refractivity contribution in [2.45, 2.75) is 12.4 Å². The van der Waals surface area contributed by atoms with Crippen LogP contribution in [0.1, 0.15) is 17.0 Å². The number of pyridine rings is 2. The Bertz CT molecular complexity index is 1070. The SMILES string of the molecule is NC(=O)/C(=C/n1cnc(-c2cc(C(F)(F)F)nc(C(F)(F)F)c2)n1)c1ccncc1. The van der Waals surface area contributed by atoms with Gasteiger partial charge in [-0.05, 0) is 29.8 Å². The van der Waals surface area contributed by atoms with E-state index < -0.39 is 41.0 Å². The number of aromatic nitrogens is 5. The summed E-state index contributed by atoms with van der Waals surface area (Å²) in [5.74, 6) is -1.29. The first kappa shape index (κ1) is 21.0. The lowest BCUT2D eigenvalue weighted by Crippen LogP contribution is -2.15. The zero-order valence-electron chi connectivity index (χ0n) is 14.6. The van der Waals surface area contributed by atoms with Gasteiger partial charge in [-0.3, -0.25) is 9.78 Å². The van der Waals surface area contributed by atoms with Gasteiger partial charge in [-0.2, -0.15) is 26.3 Å². The van der Waals surface area contributed by atoms with Gasteiger partial charge >= 0.3 is 12.4 Å². The molecule has 13 heteroatoms. The number of hydrogen-bond donors (Lipinski definition) is 1. The molecule has 7 nitrogen and oxygen atoms in total. The first-order valence-electron chi connectivity index (χ1n) is 7.95. The second kappa shape index (κ2) is 7.57. The predicted octanol–water partition coefficient (Wildman–Crippen LogP) is 3.26. The minimum absolute atomic E-state index is 0.0319. The van der Waals surface area contributed by atoms with Crippen LogP contribution in [0.15, 0.2) is 43.0 Å². The van der Waals surface area contributed by atoms with Crippen LogP contribution < -0.4 is 5.73 Å². The molecule has 0 radical (unpaired) electrons. The zero-order chi connectivity index (χ0) is 22.1. The van der Waals surface area contributed by atoms with Crippen molar-refractivity contribution in [3.8, 4) is 11.4 Å². The Morgan fingerprint density at radius 2 is 1.57 bits per heavy atom. The van der Waals surface area contributed by atoms with E-state index in [4.69, 9.17) is 5.73 Å². The van der Waals surface area contributed by atoms with Crippen LogP contribution in [0.25, 0.3) is 23.2 Å². The van der Waals surface area contributed by atoms with E-state index in [0.717, 1.165) is 17.2 Å². The molecule has 1 amide bonds. The van der Waals surface area contributed by atoms with Crippen LogP contribution in [0.5, 0.6) is 0 Å². The molecule has 0 aromatic carbocycles. The number of amides is 1. The summed E-state index contributed by atoms with van der Waals surface area (Å²) in [5, 5.41) is 3.82. The van der Waals surface area contributed by atoms with Crippen LogP contribution in [0, 0.1) is 0 Å². The van der Waals surface area contributed by atoms with E-state index in [-0.39, 0.29) is 5.57 Å². The van der Waals surface area contributed by atoms with Gasteiger partial charge in [0.2, 0.25) is 0 Å². The standard InChI is InChI=1S/C17H10F6N6O/c18-16(19,20)12-5-10(6-13(27-12)17(21,22)23)15-26-8-29(28-15)7-11(14(24)30)9-1-3-25-4-2-9/h1-8H,(H2,24,30)/b11-7+. The highest BCUT2D eigenvalue weighted by Crippen LogP contribution is 2.35. The lowest BCUT2D eigenvalue weighted by molar-refractivity contribution is -0.150. The fraction of sp³-hybridized carbons (Fsp3) is 0.118. The van der Waals surface area contributed by atoms with Crippen molar-refractivity contribution in [1.29, 1.82) is 0 Å². The Balaban J connectivity index is 2.06. The number of nitrogens with zero attached hydrogens (tertiary/aromatic N) is 5. The van der Waals surface area contributed by atoms with Crippen LogP contribution in [-0.4, -0.2) is 30.6 Å². The lowest BCUT2D eigenvalue weighted by Gasteiger charge is -2.11. The number of halogens is 6. The first-order chi connectivity index (χ1) is 13.9. The fourth-order valence-electron chi connectivity index (χ4n) is 2.36. The van der Waals surface area contributed by atoms with Gasteiger partial charge in [0.25, 0.3) is 5.91 Å². The molecule has 2 N–H and O–H groups in total. The molecule has 0 bridgehead atoms. The Morgan fingerprint density at radius 1 is 1.00 bits per heavy atom. The summed E-state index contributed by atoms with van der Waals surface area (Å²) in [6.45, 7) is 0. The number of nitrogens with two attached hydrogens (primary N) is 1. The average Bonchev–Trinajstić information content (AvgIpc) is 3.13. The van der Waals surface area contributed by atoms with Gasteiger partial charge in [-0.25, -0.2) is 14.6 Å².